The summed E-state index contributed by atoms with van der Waals surface area (Å²) >= 11 is 0. The van der Waals surface area contributed by atoms with Crippen LogP contribution in [0, 0.1) is 19.8 Å². The minimum Gasteiger partial charge on any atom is -0.398 e. The summed E-state index contributed by atoms with van der Waals surface area (Å²) in [7, 11) is 0. The average Bonchev–Trinajstić information content (AvgIpc) is 3.77. The molecule has 6 rings (SSSR count). The average molecular weight is 508 g/mol. The molecule has 0 amide bonds. The molecule has 2 aromatic heterocycles. The van der Waals surface area contributed by atoms with E-state index in [-0.39, 0.29) is 17.7 Å². The molecule has 38 heavy (non-hydrogen) atoms. The second-order valence-corrected chi connectivity index (χ2v) is 10.7. The fourth-order valence-corrected chi connectivity index (χ4v) is 5.29. The number of carbonyl (C=O) groups excluding carboxylic acids is 1. The van der Waals surface area contributed by atoms with Crippen LogP contribution in [0.15, 0.2) is 48.9 Å². The van der Waals surface area contributed by atoms with Crippen LogP contribution in [-0.2, 0) is 0 Å². The molecule has 1 aliphatic carbocycles. The quantitative estimate of drug-likeness (QED) is 0.242. The Balaban J connectivity index is 1.40. The van der Waals surface area contributed by atoms with Gasteiger partial charge in [0.25, 0.3) is 0 Å². The van der Waals surface area contributed by atoms with Crippen LogP contribution in [0.25, 0.3) is 22.0 Å². The maximum Gasteiger partial charge on any atom is 0.225 e. The lowest BCUT2D eigenvalue weighted by Gasteiger charge is -2.30. The first kappa shape index (κ1) is 24.3. The summed E-state index contributed by atoms with van der Waals surface area (Å²) in [6.45, 7) is 5.71. The van der Waals surface area contributed by atoms with Crippen LogP contribution in [0.2, 0.25) is 0 Å². The molecule has 8 heteroatoms. The van der Waals surface area contributed by atoms with Crippen LogP contribution in [-0.4, -0.2) is 39.9 Å². The fraction of sp³-hybridized carbons (Fsp3) is 0.333. The number of hydrogen-bond acceptors (Lipinski definition) is 8. The molecule has 5 N–H and O–H groups in total. The highest BCUT2D eigenvalue weighted by Crippen LogP contribution is 2.39. The number of aromatic nitrogens is 3. The highest BCUT2D eigenvalue weighted by Gasteiger charge is 2.32. The number of aryl methyl sites for hydroxylation is 2. The maximum absolute atomic E-state index is 13.3. The molecule has 1 saturated heterocycles. The Labute approximate surface area is 222 Å². The number of fused-ring (bicyclic) bond motifs is 1. The normalized spacial score (nSPS) is 17.6. The number of nitrogen functional groups attached to an aromatic ring is 1. The van der Waals surface area contributed by atoms with Crippen molar-refractivity contribution in [2.75, 3.05) is 29.0 Å². The number of piperidine rings is 1. The van der Waals surface area contributed by atoms with Crippen LogP contribution in [0.3, 0.4) is 0 Å². The van der Waals surface area contributed by atoms with Crippen molar-refractivity contribution >= 4 is 39.7 Å². The number of nitrogens with one attached hydrogen (secondary N) is 1. The monoisotopic (exact) mass is 507 g/mol. The Bertz CT molecular complexity index is 1510. The molecule has 2 aromatic carbocycles. The van der Waals surface area contributed by atoms with E-state index in [4.69, 9.17) is 11.5 Å². The number of carbonyl (C=O) groups is 1. The van der Waals surface area contributed by atoms with Crippen LogP contribution >= 0.6 is 0 Å². The lowest BCUT2D eigenvalue weighted by Crippen LogP contribution is -2.43. The van der Waals surface area contributed by atoms with Crippen molar-refractivity contribution in [2.24, 2.45) is 11.7 Å². The first-order valence-corrected chi connectivity index (χ1v) is 13.3. The van der Waals surface area contributed by atoms with Gasteiger partial charge in [0.05, 0.1) is 34.8 Å². The van der Waals surface area contributed by atoms with Gasteiger partial charge in [0.2, 0.25) is 5.95 Å². The highest BCUT2D eigenvalue weighted by atomic mass is 16.1. The minimum atomic E-state index is 0.0716. The van der Waals surface area contributed by atoms with E-state index in [0.29, 0.717) is 11.5 Å². The van der Waals surface area contributed by atoms with Crippen LogP contribution in [0.1, 0.15) is 47.2 Å². The molecule has 1 saturated carbocycles. The summed E-state index contributed by atoms with van der Waals surface area (Å²) < 4.78 is 0. The Hall–Kier alpha value is -4.04. The van der Waals surface area contributed by atoms with Crippen molar-refractivity contribution in [3.63, 3.8) is 0 Å². The number of rotatable bonds is 6. The largest absolute Gasteiger partial charge is 0.398 e. The van der Waals surface area contributed by atoms with Crippen LogP contribution in [0.4, 0.5) is 23.0 Å². The molecule has 194 valence electrons. The lowest BCUT2D eigenvalue weighted by molar-refractivity contribution is 0.0968. The van der Waals surface area contributed by atoms with Gasteiger partial charge in [0.1, 0.15) is 0 Å². The second kappa shape index (κ2) is 9.68. The zero-order valence-corrected chi connectivity index (χ0v) is 21.9. The molecular weight excluding hydrogens is 474 g/mol. The SMILES string of the molecule is Cc1cc(-c2ccc3ncc(C(=O)C4CC4)c(Nc4cnc(N5CCCC(N)C5)nc4)c3c2)cc(C)c1N. The van der Waals surface area contributed by atoms with E-state index < -0.39 is 0 Å². The van der Waals surface area contributed by atoms with Crippen molar-refractivity contribution in [1.82, 2.24) is 15.0 Å². The molecule has 3 heterocycles. The number of anilines is 4. The Morgan fingerprint density at radius 3 is 2.39 bits per heavy atom. The molecular formula is C30H33N7O. The van der Waals surface area contributed by atoms with E-state index in [1.54, 1.807) is 18.6 Å². The molecule has 2 fully saturated rings. The minimum absolute atomic E-state index is 0.0716. The summed E-state index contributed by atoms with van der Waals surface area (Å²) in [5.74, 6) is 0.879. The Kier molecular flexibility index (Phi) is 6.19. The molecule has 0 spiro atoms. The van der Waals surface area contributed by atoms with Gasteiger partial charge in [0, 0.05) is 42.3 Å². The summed E-state index contributed by atoms with van der Waals surface area (Å²) in [6.07, 6.45) is 9.17. The lowest BCUT2D eigenvalue weighted by atomic mass is 9.96. The van der Waals surface area contributed by atoms with Crippen molar-refractivity contribution in [3.8, 4) is 11.1 Å². The number of ketones is 1. The summed E-state index contributed by atoms with van der Waals surface area (Å²) in [6, 6.07) is 10.5. The van der Waals surface area contributed by atoms with Crippen LogP contribution in [0.5, 0.6) is 0 Å². The zero-order valence-electron chi connectivity index (χ0n) is 21.9. The predicted molar refractivity (Wildman–Crippen MR) is 153 cm³/mol. The Morgan fingerprint density at radius 2 is 1.71 bits per heavy atom. The zero-order chi connectivity index (χ0) is 26.4. The molecule has 2 aliphatic rings. The summed E-state index contributed by atoms with van der Waals surface area (Å²) in [4.78, 5) is 29.3. The first-order valence-electron chi connectivity index (χ1n) is 13.3. The first-order chi connectivity index (χ1) is 18.4. The topological polar surface area (TPSA) is 123 Å². The van der Waals surface area contributed by atoms with Crippen molar-refractivity contribution in [2.45, 2.75) is 45.6 Å². The number of Topliss-reactive ketones (excluding diaryl/α,β-unsaturated/α-hetero) is 1. The number of pyridine rings is 1. The third kappa shape index (κ3) is 4.67. The number of nitrogens with two attached hydrogens (primary N) is 2. The van der Waals surface area contributed by atoms with Crippen molar-refractivity contribution < 1.29 is 4.79 Å². The molecule has 4 aromatic rings. The van der Waals surface area contributed by atoms with E-state index in [0.717, 1.165) is 89.0 Å². The third-order valence-corrected chi connectivity index (χ3v) is 7.66. The van der Waals surface area contributed by atoms with E-state index >= 15 is 0 Å². The van der Waals surface area contributed by atoms with Crippen LogP contribution < -0.4 is 21.7 Å². The van der Waals surface area contributed by atoms with E-state index in [2.05, 4.69) is 49.4 Å². The molecule has 0 bridgehead atoms. The third-order valence-electron chi connectivity index (χ3n) is 7.66. The van der Waals surface area contributed by atoms with Gasteiger partial charge in [-0.3, -0.25) is 9.78 Å². The van der Waals surface area contributed by atoms with E-state index in [1.165, 1.54) is 0 Å². The van der Waals surface area contributed by atoms with Gasteiger partial charge in [-0.05, 0) is 86.1 Å². The number of benzene rings is 2. The molecule has 1 atom stereocenters. The van der Waals surface area contributed by atoms with Crippen molar-refractivity contribution in [3.05, 3.63) is 65.6 Å². The van der Waals surface area contributed by atoms with Gasteiger partial charge < -0.3 is 21.7 Å². The number of hydrogen-bond donors (Lipinski definition) is 3. The smallest absolute Gasteiger partial charge is 0.225 e. The highest BCUT2D eigenvalue weighted by molar-refractivity contribution is 6.11. The van der Waals surface area contributed by atoms with Crippen molar-refractivity contribution in [1.29, 1.82) is 0 Å². The molecule has 8 nitrogen and oxygen atoms in total. The van der Waals surface area contributed by atoms with Gasteiger partial charge >= 0.3 is 0 Å². The van der Waals surface area contributed by atoms with Gasteiger partial charge in [-0.1, -0.05) is 6.07 Å². The van der Waals surface area contributed by atoms with Gasteiger partial charge in [-0.25, -0.2) is 9.97 Å². The van der Waals surface area contributed by atoms with Gasteiger partial charge in [0.15, 0.2) is 5.78 Å². The fourth-order valence-electron chi connectivity index (χ4n) is 5.29. The van der Waals surface area contributed by atoms with Gasteiger partial charge in [-0.15, -0.1) is 0 Å². The maximum atomic E-state index is 13.3. The second-order valence-electron chi connectivity index (χ2n) is 10.7. The molecule has 1 unspecified atom stereocenters. The predicted octanol–water partition coefficient (Wildman–Crippen LogP) is 5.15. The summed E-state index contributed by atoms with van der Waals surface area (Å²) in [5.41, 5.74) is 20.2. The molecule has 1 aliphatic heterocycles. The standard InChI is InChI=1S/C30H33N7O/c1-17-10-21(11-18(2)27(17)32)20-7-8-26-24(12-20)28(25(15-33-26)29(38)19-5-6-19)36-23-13-34-30(35-14-23)37-9-3-4-22(31)16-37/h7-8,10-15,19,22H,3-6,9,16,31-32H2,1-2H3,(H,33,36). The molecule has 0 radical (unpaired) electrons. The Morgan fingerprint density at radius 1 is 0.974 bits per heavy atom. The number of nitrogens with zero attached hydrogens (tertiary/aromatic N) is 4. The van der Waals surface area contributed by atoms with Gasteiger partial charge in [-0.2, -0.15) is 0 Å². The van der Waals surface area contributed by atoms with E-state index in [1.807, 2.05) is 19.9 Å². The van der Waals surface area contributed by atoms with E-state index in [9.17, 15) is 4.79 Å². The summed E-state index contributed by atoms with van der Waals surface area (Å²) in [5, 5.41) is 4.36.